The normalized spacial score (nSPS) is 14.4. The highest BCUT2D eigenvalue weighted by molar-refractivity contribution is 7.25. The minimum absolute atomic E-state index is 0. The van der Waals surface area contributed by atoms with Crippen LogP contribution in [-0.4, -0.2) is 6.54 Å². The zero-order valence-corrected chi connectivity index (χ0v) is 11.5. The molecule has 92 valence electrons. The molecule has 18 heavy (non-hydrogen) atoms. The third kappa shape index (κ3) is 1.64. The standard InChI is InChI=1S/C15H13NS.ClH/c1-2-4-13-11(3-1)15-12-9-16-8-7-10(12)5-6-14(15)17-13;/h1-6,16H,7-9H2;1H. The molecule has 1 nitrogen and oxygen atoms in total. The highest BCUT2D eigenvalue weighted by Gasteiger charge is 2.15. The van der Waals surface area contributed by atoms with Gasteiger partial charge in [-0.15, -0.1) is 23.7 Å². The van der Waals surface area contributed by atoms with E-state index in [2.05, 4.69) is 41.7 Å². The van der Waals surface area contributed by atoms with E-state index >= 15 is 0 Å². The van der Waals surface area contributed by atoms with Crippen molar-refractivity contribution in [3.05, 3.63) is 47.5 Å². The van der Waals surface area contributed by atoms with Gasteiger partial charge < -0.3 is 5.32 Å². The molecule has 2 heterocycles. The summed E-state index contributed by atoms with van der Waals surface area (Å²) in [6, 6.07) is 13.4. The van der Waals surface area contributed by atoms with Crippen LogP contribution in [0.3, 0.4) is 0 Å². The third-order valence-corrected chi connectivity index (χ3v) is 4.76. The van der Waals surface area contributed by atoms with E-state index in [1.54, 1.807) is 0 Å². The number of hydrogen-bond donors (Lipinski definition) is 1. The molecule has 1 N–H and O–H groups in total. The summed E-state index contributed by atoms with van der Waals surface area (Å²) >= 11 is 1.91. The Hall–Kier alpha value is -1.09. The summed E-state index contributed by atoms with van der Waals surface area (Å²) < 4.78 is 2.83. The molecule has 0 bridgehead atoms. The van der Waals surface area contributed by atoms with Gasteiger partial charge in [0.25, 0.3) is 0 Å². The second kappa shape index (κ2) is 4.54. The molecule has 4 rings (SSSR count). The number of benzene rings is 2. The predicted molar refractivity (Wildman–Crippen MR) is 82.0 cm³/mol. The lowest BCUT2D eigenvalue weighted by atomic mass is 9.96. The zero-order valence-electron chi connectivity index (χ0n) is 9.90. The summed E-state index contributed by atoms with van der Waals surface area (Å²) in [5, 5.41) is 6.40. The first-order valence-corrected chi connectivity index (χ1v) is 6.88. The van der Waals surface area contributed by atoms with E-state index in [1.165, 1.54) is 31.3 Å². The first-order valence-electron chi connectivity index (χ1n) is 6.06. The van der Waals surface area contributed by atoms with E-state index in [-0.39, 0.29) is 12.4 Å². The lowest BCUT2D eigenvalue weighted by Crippen LogP contribution is -2.23. The molecule has 0 unspecified atom stereocenters. The van der Waals surface area contributed by atoms with Crippen LogP contribution in [0.2, 0.25) is 0 Å². The van der Waals surface area contributed by atoms with Crippen molar-refractivity contribution in [3.8, 4) is 0 Å². The molecule has 0 amide bonds. The number of halogens is 1. The van der Waals surface area contributed by atoms with E-state index in [0.717, 1.165) is 19.5 Å². The second-order valence-electron chi connectivity index (χ2n) is 4.60. The highest BCUT2D eigenvalue weighted by atomic mass is 35.5. The summed E-state index contributed by atoms with van der Waals surface area (Å²) in [6.45, 7) is 2.13. The molecule has 0 spiro atoms. The van der Waals surface area contributed by atoms with Crippen LogP contribution in [0.5, 0.6) is 0 Å². The average Bonchev–Trinajstić information content (AvgIpc) is 2.77. The first-order chi connectivity index (χ1) is 8.43. The van der Waals surface area contributed by atoms with Gasteiger partial charge in [-0.1, -0.05) is 24.3 Å². The Morgan fingerprint density at radius 1 is 1.00 bits per heavy atom. The number of thiophene rings is 1. The minimum Gasteiger partial charge on any atom is -0.312 e. The third-order valence-electron chi connectivity index (χ3n) is 3.62. The Balaban J connectivity index is 0.000001000. The molecule has 1 aromatic heterocycles. The van der Waals surface area contributed by atoms with Gasteiger partial charge in [-0.25, -0.2) is 0 Å². The van der Waals surface area contributed by atoms with Crippen LogP contribution in [0.1, 0.15) is 11.1 Å². The van der Waals surface area contributed by atoms with Crippen LogP contribution in [0.15, 0.2) is 36.4 Å². The summed E-state index contributed by atoms with van der Waals surface area (Å²) in [4.78, 5) is 0. The highest BCUT2D eigenvalue weighted by Crippen LogP contribution is 2.37. The van der Waals surface area contributed by atoms with Gasteiger partial charge in [0.15, 0.2) is 0 Å². The van der Waals surface area contributed by atoms with Crippen molar-refractivity contribution in [1.29, 1.82) is 0 Å². The van der Waals surface area contributed by atoms with E-state index in [9.17, 15) is 0 Å². The maximum Gasteiger partial charge on any atom is 0.0358 e. The average molecular weight is 276 g/mol. The van der Waals surface area contributed by atoms with Crippen molar-refractivity contribution in [3.63, 3.8) is 0 Å². The SMILES string of the molecule is Cl.c1ccc2c(c1)sc1ccc3c(c12)CNCC3. The van der Waals surface area contributed by atoms with Gasteiger partial charge in [0, 0.05) is 26.7 Å². The summed E-state index contributed by atoms with van der Waals surface area (Å²) in [5.74, 6) is 0. The number of fused-ring (bicyclic) bond motifs is 5. The summed E-state index contributed by atoms with van der Waals surface area (Å²) in [6.07, 6.45) is 1.16. The van der Waals surface area contributed by atoms with Gasteiger partial charge in [0.05, 0.1) is 0 Å². The van der Waals surface area contributed by atoms with Crippen molar-refractivity contribution in [2.75, 3.05) is 6.54 Å². The van der Waals surface area contributed by atoms with Crippen LogP contribution < -0.4 is 5.32 Å². The monoisotopic (exact) mass is 275 g/mol. The molecular weight excluding hydrogens is 262 g/mol. The quantitative estimate of drug-likeness (QED) is 0.651. The molecule has 0 fully saturated rings. The van der Waals surface area contributed by atoms with E-state index < -0.39 is 0 Å². The molecule has 0 aliphatic carbocycles. The molecule has 1 aliphatic rings. The molecule has 0 saturated carbocycles. The topological polar surface area (TPSA) is 12.0 Å². The molecule has 3 aromatic rings. The Morgan fingerprint density at radius 3 is 2.83 bits per heavy atom. The fraction of sp³-hybridized carbons (Fsp3) is 0.200. The fourth-order valence-corrected chi connectivity index (χ4v) is 3.94. The number of hydrogen-bond acceptors (Lipinski definition) is 2. The van der Waals surface area contributed by atoms with Crippen molar-refractivity contribution in [2.45, 2.75) is 13.0 Å². The second-order valence-corrected chi connectivity index (χ2v) is 5.69. The summed E-state index contributed by atoms with van der Waals surface area (Å²) in [7, 11) is 0. The van der Waals surface area contributed by atoms with E-state index in [1.807, 2.05) is 11.3 Å². The Morgan fingerprint density at radius 2 is 1.89 bits per heavy atom. The minimum atomic E-state index is 0. The molecule has 2 aromatic carbocycles. The van der Waals surface area contributed by atoms with Gasteiger partial charge in [0.1, 0.15) is 0 Å². The first kappa shape index (κ1) is 12.0. The van der Waals surface area contributed by atoms with Crippen LogP contribution in [0, 0.1) is 0 Å². The fourth-order valence-electron chi connectivity index (χ4n) is 2.80. The van der Waals surface area contributed by atoms with Crippen LogP contribution in [0.25, 0.3) is 20.2 Å². The van der Waals surface area contributed by atoms with Gasteiger partial charge in [-0.2, -0.15) is 0 Å². The largest absolute Gasteiger partial charge is 0.312 e. The van der Waals surface area contributed by atoms with Crippen molar-refractivity contribution < 1.29 is 0 Å². The lowest BCUT2D eigenvalue weighted by Gasteiger charge is -2.18. The molecule has 0 radical (unpaired) electrons. The number of nitrogens with one attached hydrogen (secondary N) is 1. The summed E-state index contributed by atoms with van der Waals surface area (Å²) in [5.41, 5.74) is 3.05. The van der Waals surface area contributed by atoms with Crippen molar-refractivity contribution in [2.24, 2.45) is 0 Å². The predicted octanol–water partition coefficient (Wildman–Crippen LogP) is 4.12. The van der Waals surface area contributed by atoms with Gasteiger partial charge in [-0.05, 0) is 36.2 Å². The van der Waals surface area contributed by atoms with Gasteiger partial charge in [0.2, 0.25) is 0 Å². The molecule has 0 saturated heterocycles. The van der Waals surface area contributed by atoms with Crippen LogP contribution in [-0.2, 0) is 13.0 Å². The Bertz CT molecular complexity index is 717. The molecule has 0 atom stereocenters. The Labute approximate surface area is 116 Å². The lowest BCUT2D eigenvalue weighted by molar-refractivity contribution is 0.648. The zero-order chi connectivity index (χ0) is 11.2. The van der Waals surface area contributed by atoms with Gasteiger partial charge >= 0.3 is 0 Å². The molecular formula is C15H14ClNS. The molecule has 1 aliphatic heterocycles. The van der Waals surface area contributed by atoms with Crippen molar-refractivity contribution >= 4 is 43.9 Å². The van der Waals surface area contributed by atoms with Crippen molar-refractivity contribution in [1.82, 2.24) is 5.32 Å². The smallest absolute Gasteiger partial charge is 0.0358 e. The molecule has 3 heteroatoms. The maximum absolute atomic E-state index is 3.49. The van der Waals surface area contributed by atoms with E-state index in [0.29, 0.717) is 0 Å². The number of rotatable bonds is 0. The van der Waals surface area contributed by atoms with Crippen LogP contribution >= 0.6 is 23.7 Å². The van der Waals surface area contributed by atoms with Gasteiger partial charge in [-0.3, -0.25) is 0 Å². The van der Waals surface area contributed by atoms with E-state index in [4.69, 9.17) is 0 Å². The maximum atomic E-state index is 3.49. The van der Waals surface area contributed by atoms with Crippen LogP contribution in [0.4, 0.5) is 0 Å². The Kier molecular flexibility index (Phi) is 3.02.